The van der Waals surface area contributed by atoms with Crippen LogP contribution in [0.15, 0.2) is 41.5 Å². The van der Waals surface area contributed by atoms with Crippen molar-refractivity contribution in [1.29, 1.82) is 0 Å². The highest BCUT2D eigenvalue weighted by Gasteiger charge is 2.25. The molecule has 1 atom stereocenters. The van der Waals surface area contributed by atoms with E-state index in [0.717, 1.165) is 18.7 Å². The molecule has 0 aliphatic carbocycles. The molecule has 1 N–H and O–H groups in total. The van der Waals surface area contributed by atoms with Crippen molar-refractivity contribution in [3.05, 3.63) is 57.2 Å². The van der Waals surface area contributed by atoms with E-state index in [9.17, 15) is 9.59 Å². The molecule has 126 valence electrons. The first-order valence-corrected chi connectivity index (χ1v) is 8.29. The SMILES string of the molecule is O=C(Cn1cccnc1=O)N[C@@H]1CCN(c2ccc(Cl)cc2Cl)C1. The zero-order valence-corrected chi connectivity index (χ0v) is 14.3. The van der Waals surface area contributed by atoms with Crippen LogP contribution in [0.3, 0.4) is 0 Å². The molecule has 8 heteroatoms. The van der Waals surface area contributed by atoms with Crippen molar-refractivity contribution in [2.75, 3.05) is 18.0 Å². The Bertz CT molecular complexity index is 809. The lowest BCUT2D eigenvalue weighted by atomic mass is 10.2. The fourth-order valence-electron chi connectivity index (χ4n) is 2.77. The van der Waals surface area contributed by atoms with Gasteiger partial charge in [-0.25, -0.2) is 9.78 Å². The quantitative estimate of drug-likeness (QED) is 0.897. The van der Waals surface area contributed by atoms with Gasteiger partial charge in [0.25, 0.3) is 0 Å². The minimum Gasteiger partial charge on any atom is -0.368 e. The summed E-state index contributed by atoms with van der Waals surface area (Å²) in [5.41, 5.74) is 0.468. The molecule has 2 aromatic rings. The van der Waals surface area contributed by atoms with Gasteiger partial charge in [-0.15, -0.1) is 0 Å². The lowest BCUT2D eigenvalue weighted by Gasteiger charge is -2.20. The zero-order chi connectivity index (χ0) is 17.1. The molecule has 1 aromatic carbocycles. The monoisotopic (exact) mass is 366 g/mol. The number of hydrogen-bond acceptors (Lipinski definition) is 4. The number of hydrogen-bond donors (Lipinski definition) is 1. The second-order valence-electron chi connectivity index (χ2n) is 5.63. The second kappa shape index (κ2) is 7.23. The average Bonchev–Trinajstić information content (AvgIpc) is 2.97. The minimum atomic E-state index is -0.436. The molecule has 0 bridgehead atoms. The number of carbonyl (C=O) groups is 1. The van der Waals surface area contributed by atoms with Crippen LogP contribution < -0.4 is 15.9 Å². The maximum atomic E-state index is 12.1. The summed E-state index contributed by atoms with van der Waals surface area (Å²) in [4.78, 5) is 29.4. The van der Waals surface area contributed by atoms with Crippen molar-refractivity contribution in [3.8, 4) is 0 Å². The number of carbonyl (C=O) groups excluding carboxylic acids is 1. The summed E-state index contributed by atoms with van der Waals surface area (Å²) in [5.74, 6) is -0.209. The number of anilines is 1. The molecule has 2 heterocycles. The van der Waals surface area contributed by atoms with Gasteiger partial charge in [0.2, 0.25) is 5.91 Å². The van der Waals surface area contributed by atoms with E-state index in [1.54, 1.807) is 24.4 Å². The lowest BCUT2D eigenvalue weighted by molar-refractivity contribution is -0.122. The van der Waals surface area contributed by atoms with E-state index < -0.39 is 5.69 Å². The molecule has 1 saturated heterocycles. The fourth-order valence-corrected chi connectivity index (χ4v) is 3.30. The van der Waals surface area contributed by atoms with Gasteiger partial charge in [-0.05, 0) is 30.7 Å². The Morgan fingerprint density at radius 1 is 1.38 bits per heavy atom. The topological polar surface area (TPSA) is 67.2 Å². The van der Waals surface area contributed by atoms with Crippen LogP contribution in [0.25, 0.3) is 0 Å². The van der Waals surface area contributed by atoms with Gasteiger partial charge >= 0.3 is 5.69 Å². The van der Waals surface area contributed by atoms with E-state index in [-0.39, 0.29) is 18.5 Å². The number of amides is 1. The maximum absolute atomic E-state index is 12.1. The summed E-state index contributed by atoms with van der Waals surface area (Å²) in [6, 6.07) is 7.01. The van der Waals surface area contributed by atoms with Crippen LogP contribution in [-0.2, 0) is 11.3 Å². The molecule has 0 spiro atoms. The first-order chi connectivity index (χ1) is 11.5. The van der Waals surface area contributed by atoms with Crippen molar-refractivity contribution < 1.29 is 4.79 Å². The van der Waals surface area contributed by atoms with Crippen LogP contribution in [-0.4, -0.2) is 34.6 Å². The Morgan fingerprint density at radius 2 is 2.21 bits per heavy atom. The Balaban J connectivity index is 1.59. The molecular formula is C16H16Cl2N4O2. The smallest absolute Gasteiger partial charge is 0.347 e. The third kappa shape index (κ3) is 3.88. The highest BCUT2D eigenvalue weighted by atomic mass is 35.5. The van der Waals surface area contributed by atoms with Crippen LogP contribution in [0.5, 0.6) is 0 Å². The molecule has 1 aliphatic rings. The molecule has 1 aromatic heterocycles. The van der Waals surface area contributed by atoms with Crippen molar-refractivity contribution >= 4 is 34.8 Å². The molecule has 0 radical (unpaired) electrons. The predicted octanol–water partition coefficient (Wildman–Crippen LogP) is 1.95. The minimum absolute atomic E-state index is 0.0108. The average molecular weight is 367 g/mol. The molecule has 0 unspecified atom stereocenters. The summed E-state index contributed by atoms with van der Waals surface area (Å²) < 4.78 is 1.28. The first kappa shape index (κ1) is 16.8. The van der Waals surface area contributed by atoms with Crippen molar-refractivity contribution in [1.82, 2.24) is 14.9 Å². The zero-order valence-electron chi connectivity index (χ0n) is 12.8. The number of halogens is 2. The van der Waals surface area contributed by atoms with Crippen molar-refractivity contribution in [3.63, 3.8) is 0 Å². The van der Waals surface area contributed by atoms with E-state index in [2.05, 4.69) is 15.2 Å². The van der Waals surface area contributed by atoms with E-state index >= 15 is 0 Å². The van der Waals surface area contributed by atoms with Gasteiger partial charge in [0, 0.05) is 36.5 Å². The van der Waals surface area contributed by atoms with E-state index in [0.29, 0.717) is 16.6 Å². The van der Waals surface area contributed by atoms with Gasteiger partial charge in [-0.2, -0.15) is 0 Å². The molecule has 0 saturated carbocycles. The number of benzene rings is 1. The van der Waals surface area contributed by atoms with Gasteiger partial charge in [0.15, 0.2) is 0 Å². The summed E-state index contributed by atoms with van der Waals surface area (Å²) in [7, 11) is 0. The first-order valence-electron chi connectivity index (χ1n) is 7.54. The summed E-state index contributed by atoms with van der Waals surface area (Å²) in [6.07, 6.45) is 3.76. The van der Waals surface area contributed by atoms with Crippen molar-refractivity contribution in [2.45, 2.75) is 19.0 Å². The highest BCUT2D eigenvalue weighted by molar-refractivity contribution is 6.36. The van der Waals surface area contributed by atoms with E-state index in [1.807, 2.05) is 6.07 Å². The number of aromatic nitrogens is 2. The van der Waals surface area contributed by atoms with Crippen molar-refractivity contribution in [2.24, 2.45) is 0 Å². The molecule has 6 nitrogen and oxygen atoms in total. The van der Waals surface area contributed by atoms with E-state index in [4.69, 9.17) is 23.2 Å². The maximum Gasteiger partial charge on any atom is 0.347 e. The highest BCUT2D eigenvalue weighted by Crippen LogP contribution is 2.31. The fraction of sp³-hybridized carbons (Fsp3) is 0.312. The van der Waals surface area contributed by atoms with Crippen LogP contribution in [0.1, 0.15) is 6.42 Å². The van der Waals surface area contributed by atoms with Gasteiger partial charge in [-0.3, -0.25) is 9.36 Å². The predicted molar refractivity (Wildman–Crippen MR) is 93.7 cm³/mol. The Hall–Kier alpha value is -2.05. The number of nitrogens with zero attached hydrogens (tertiary/aromatic N) is 3. The third-order valence-corrected chi connectivity index (χ3v) is 4.44. The van der Waals surface area contributed by atoms with E-state index in [1.165, 1.54) is 10.8 Å². The van der Waals surface area contributed by atoms with Crippen LogP contribution >= 0.6 is 23.2 Å². The standard InChI is InChI=1S/C16H16Cl2N4O2/c17-11-2-3-14(13(18)8-11)21-7-4-12(9-21)20-15(23)10-22-6-1-5-19-16(22)24/h1-3,5-6,8,12H,4,7,9-10H2,(H,20,23)/t12-/m1/s1. The lowest BCUT2D eigenvalue weighted by Crippen LogP contribution is -2.40. The Kier molecular flexibility index (Phi) is 5.06. The molecule has 1 amide bonds. The van der Waals surface area contributed by atoms with Crippen LogP contribution in [0.4, 0.5) is 5.69 Å². The molecule has 1 fully saturated rings. The largest absolute Gasteiger partial charge is 0.368 e. The second-order valence-corrected chi connectivity index (χ2v) is 6.47. The Labute approximate surface area is 149 Å². The third-order valence-electron chi connectivity index (χ3n) is 3.90. The molecule has 3 rings (SSSR count). The van der Waals surface area contributed by atoms with Gasteiger partial charge < -0.3 is 10.2 Å². The van der Waals surface area contributed by atoms with Gasteiger partial charge in [-0.1, -0.05) is 23.2 Å². The molecule has 1 aliphatic heterocycles. The number of nitrogens with one attached hydrogen (secondary N) is 1. The number of rotatable bonds is 4. The molecule has 24 heavy (non-hydrogen) atoms. The molecular weight excluding hydrogens is 351 g/mol. The Morgan fingerprint density at radius 3 is 2.96 bits per heavy atom. The summed E-state index contributed by atoms with van der Waals surface area (Å²) in [5, 5.41) is 4.13. The summed E-state index contributed by atoms with van der Waals surface area (Å²) in [6.45, 7) is 1.42. The van der Waals surface area contributed by atoms with Crippen LogP contribution in [0, 0.1) is 0 Å². The normalized spacial score (nSPS) is 17.1. The van der Waals surface area contributed by atoms with Crippen LogP contribution in [0.2, 0.25) is 10.0 Å². The summed E-state index contributed by atoms with van der Waals surface area (Å²) >= 11 is 12.1. The van der Waals surface area contributed by atoms with Gasteiger partial charge in [0.05, 0.1) is 10.7 Å². The van der Waals surface area contributed by atoms with Gasteiger partial charge in [0.1, 0.15) is 6.54 Å².